The molecule has 1 unspecified atom stereocenters. The van der Waals surface area contributed by atoms with E-state index in [1.54, 1.807) is 41.5 Å². The maximum absolute atomic E-state index is 12.2. The molecular formula is C16H19N5O2S. The monoisotopic (exact) mass is 345 g/mol. The molecule has 3 aromatic heterocycles. The Kier molecular flexibility index (Phi) is 4.75. The van der Waals surface area contributed by atoms with Crippen molar-refractivity contribution in [1.82, 2.24) is 19.7 Å². The molecular weight excluding hydrogens is 326 g/mol. The molecule has 0 spiro atoms. The molecule has 1 atom stereocenters. The van der Waals surface area contributed by atoms with E-state index in [4.69, 9.17) is 4.74 Å². The fourth-order valence-corrected chi connectivity index (χ4v) is 3.17. The summed E-state index contributed by atoms with van der Waals surface area (Å²) in [5.41, 5.74) is 1.84. The van der Waals surface area contributed by atoms with Crippen LogP contribution in [0.25, 0.3) is 11.0 Å². The van der Waals surface area contributed by atoms with Crippen molar-refractivity contribution in [2.75, 3.05) is 18.5 Å². The van der Waals surface area contributed by atoms with Gasteiger partial charge in [-0.25, -0.2) is 14.8 Å². The number of aryl methyl sites for hydroxylation is 1. The molecule has 0 fully saturated rings. The van der Waals surface area contributed by atoms with Crippen molar-refractivity contribution in [3.8, 4) is 0 Å². The quantitative estimate of drug-likeness (QED) is 0.692. The lowest BCUT2D eigenvalue weighted by molar-refractivity contribution is 0.0527. The number of thiazole rings is 1. The molecule has 0 aliphatic heterocycles. The van der Waals surface area contributed by atoms with Gasteiger partial charge in [0.2, 0.25) is 0 Å². The van der Waals surface area contributed by atoms with E-state index < -0.39 is 0 Å². The van der Waals surface area contributed by atoms with Gasteiger partial charge in [-0.3, -0.25) is 4.68 Å². The molecule has 0 aromatic carbocycles. The number of rotatable bonds is 6. The van der Waals surface area contributed by atoms with E-state index in [0.29, 0.717) is 30.0 Å². The van der Waals surface area contributed by atoms with Gasteiger partial charge in [0.25, 0.3) is 0 Å². The minimum Gasteiger partial charge on any atom is -0.462 e. The SMILES string of the molecule is CCOC(=O)c1cnc2c(cnn2C)c1NCC(C)c1nccs1. The minimum absolute atomic E-state index is 0.222. The topological polar surface area (TPSA) is 81.9 Å². The molecule has 0 radical (unpaired) electrons. The van der Waals surface area contributed by atoms with Crippen LogP contribution in [0.3, 0.4) is 0 Å². The van der Waals surface area contributed by atoms with Crippen LogP contribution in [0.1, 0.15) is 35.1 Å². The van der Waals surface area contributed by atoms with Crippen molar-refractivity contribution >= 4 is 34.0 Å². The van der Waals surface area contributed by atoms with Crippen LogP contribution in [0.5, 0.6) is 0 Å². The van der Waals surface area contributed by atoms with E-state index in [2.05, 4.69) is 27.3 Å². The summed E-state index contributed by atoms with van der Waals surface area (Å²) in [6, 6.07) is 0. The normalized spacial score (nSPS) is 12.3. The predicted molar refractivity (Wildman–Crippen MR) is 93.5 cm³/mol. The van der Waals surface area contributed by atoms with Crippen LogP contribution >= 0.6 is 11.3 Å². The number of carbonyl (C=O) groups excluding carboxylic acids is 1. The zero-order valence-electron chi connectivity index (χ0n) is 13.8. The molecule has 8 heteroatoms. The molecule has 3 aromatic rings. The maximum Gasteiger partial charge on any atom is 0.341 e. The summed E-state index contributed by atoms with van der Waals surface area (Å²) in [6.07, 6.45) is 5.05. The van der Waals surface area contributed by atoms with Crippen molar-refractivity contribution in [2.24, 2.45) is 7.05 Å². The third-order valence-electron chi connectivity index (χ3n) is 3.72. The number of pyridine rings is 1. The van der Waals surface area contributed by atoms with Gasteiger partial charge in [-0.15, -0.1) is 11.3 Å². The van der Waals surface area contributed by atoms with E-state index in [9.17, 15) is 4.79 Å². The summed E-state index contributed by atoms with van der Waals surface area (Å²) in [6.45, 7) is 4.84. The Bertz CT molecular complexity index is 844. The molecule has 3 heterocycles. The minimum atomic E-state index is -0.389. The van der Waals surface area contributed by atoms with E-state index >= 15 is 0 Å². The number of nitrogens with one attached hydrogen (secondary N) is 1. The van der Waals surface area contributed by atoms with E-state index in [1.807, 2.05) is 12.4 Å². The standard InChI is InChI=1S/C16H19N5O2S/c1-4-23-16(22)12-8-19-14-11(9-20-21(14)3)13(12)18-7-10(2)15-17-5-6-24-15/h5-6,8-10H,4,7H2,1-3H3,(H,18,19). The van der Waals surface area contributed by atoms with Gasteiger partial charge in [-0.1, -0.05) is 6.92 Å². The lowest BCUT2D eigenvalue weighted by Crippen LogP contribution is -2.15. The third kappa shape index (κ3) is 3.09. The molecule has 126 valence electrons. The summed E-state index contributed by atoms with van der Waals surface area (Å²) in [5.74, 6) is -0.167. The molecule has 0 saturated carbocycles. The smallest absolute Gasteiger partial charge is 0.341 e. The lowest BCUT2D eigenvalue weighted by Gasteiger charge is -2.15. The summed E-state index contributed by atoms with van der Waals surface area (Å²) < 4.78 is 6.83. The van der Waals surface area contributed by atoms with Crippen molar-refractivity contribution < 1.29 is 9.53 Å². The summed E-state index contributed by atoms with van der Waals surface area (Å²) in [4.78, 5) is 20.9. The Morgan fingerprint density at radius 1 is 1.42 bits per heavy atom. The highest BCUT2D eigenvalue weighted by Crippen LogP contribution is 2.27. The molecule has 0 amide bonds. The molecule has 24 heavy (non-hydrogen) atoms. The number of anilines is 1. The first-order chi connectivity index (χ1) is 11.6. The van der Waals surface area contributed by atoms with E-state index in [1.165, 1.54) is 0 Å². The van der Waals surface area contributed by atoms with Crippen LogP contribution in [-0.2, 0) is 11.8 Å². The number of carbonyl (C=O) groups is 1. The van der Waals surface area contributed by atoms with Gasteiger partial charge in [0.05, 0.1) is 28.9 Å². The first-order valence-electron chi connectivity index (χ1n) is 7.72. The number of esters is 1. The molecule has 1 N–H and O–H groups in total. The Labute approximate surface area is 143 Å². The maximum atomic E-state index is 12.2. The molecule has 0 aliphatic carbocycles. The highest BCUT2D eigenvalue weighted by atomic mass is 32.1. The van der Waals surface area contributed by atoms with Crippen LogP contribution in [0, 0.1) is 0 Å². The first kappa shape index (κ1) is 16.4. The number of fused-ring (bicyclic) bond motifs is 1. The van der Waals surface area contributed by atoms with Gasteiger partial charge in [-0.05, 0) is 6.92 Å². The third-order valence-corrected chi connectivity index (χ3v) is 4.72. The van der Waals surface area contributed by atoms with Crippen LogP contribution in [0.4, 0.5) is 5.69 Å². The van der Waals surface area contributed by atoms with Gasteiger partial charge >= 0.3 is 5.97 Å². The number of ether oxygens (including phenoxy) is 1. The van der Waals surface area contributed by atoms with Crippen LogP contribution in [0.2, 0.25) is 0 Å². The number of aromatic nitrogens is 4. The first-order valence-corrected chi connectivity index (χ1v) is 8.60. The van der Waals surface area contributed by atoms with Gasteiger partial charge in [-0.2, -0.15) is 5.10 Å². The van der Waals surface area contributed by atoms with Crippen molar-refractivity contribution in [2.45, 2.75) is 19.8 Å². The molecule has 7 nitrogen and oxygen atoms in total. The molecule has 0 saturated heterocycles. The molecule has 0 bridgehead atoms. The average molecular weight is 345 g/mol. The second-order valence-electron chi connectivity index (χ2n) is 5.43. The van der Waals surface area contributed by atoms with Crippen LogP contribution in [0.15, 0.2) is 24.0 Å². The van der Waals surface area contributed by atoms with E-state index in [0.717, 1.165) is 10.4 Å². The Morgan fingerprint density at radius 2 is 2.25 bits per heavy atom. The second-order valence-corrected chi connectivity index (χ2v) is 6.35. The van der Waals surface area contributed by atoms with Gasteiger partial charge in [0.1, 0.15) is 5.56 Å². The van der Waals surface area contributed by atoms with Crippen molar-refractivity contribution in [3.63, 3.8) is 0 Å². The Hall–Kier alpha value is -2.48. The largest absolute Gasteiger partial charge is 0.462 e. The molecule has 0 aliphatic rings. The zero-order valence-corrected chi connectivity index (χ0v) is 14.6. The Morgan fingerprint density at radius 3 is 2.96 bits per heavy atom. The molecule has 3 rings (SSSR count). The van der Waals surface area contributed by atoms with Crippen molar-refractivity contribution in [1.29, 1.82) is 0 Å². The van der Waals surface area contributed by atoms with E-state index in [-0.39, 0.29) is 11.9 Å². The summed E-state index contributed by atoms with van der Waals surface area (Å²) in [5, 5.41) is 11.4. The van der Waals surface area contributed by atoms with Gasteiger partial charge < -0.3 is 10.1 Å². The number of hydrogen-bond donors (Lipinski definition) is 1. The van der Waals surface area contributed by atoms with Gasteiger partial charge in [0, 0.05) is 37.3 Å². The van der Waals surface area contributed by atoms with Crippen LogP contribution in [-0.4, -0.2) is 38.9 Å². The fourth-order valence-electron chi connectivity index (χ4n) is 2.47. The highest BCUT2D eigenvalue weighted by Gasteiger charge is 2.19. The second kappa shape index (κ2) is 6.96. The lowest BCUT2D eigenvalue weighted by atomic mass is 10.1. The Balaban J connectivity index is 1.93. The van der Waals surface area contributed by atoms with Gasteiger partial charge in [0.15, 0.2) is 5.65 Å². The predicted octanol–water partition coefficient (Wildman–Crippen LogP) is 2.82. The number of nitrogens with zero attached hydrogens (tertiary/aromatic N) is 4. The zero-order chi connectivity index (χ0) is 17.1. The average Bonchev–Trinajstić information content (AvgIpc) is 3.23. The number of hydrogen-bond acceptors (Lipinski definition) is 7. The summed E-state index contributed by atoms with van der Waals surface area (Å²) in [7, 11) is 1.82. The highest BCUT2D eigenvalue weighted by molar-refractivity contribution is 7.09. The van der Waals surface area contributed by atoms with Crippen LogP contribution < -0.4 is 5.32 Å². The fraction of sp³-hybridized carbons (Fsp3) is 0.375. The summed E-state index contributed by atoms with van der Waals surface area (Å²) >= 11 is 1.62. The van der Waals surface area contributed by atoms with Crippen molar-refractivity contribution in [3.05, 3.63) is 34.5 Å².